The molecule has 5 nitrogen and oxygen atoms in total. The molecule has 0 aromatic carbocycles. The summed E-state index contributed by atoms with van der Waals surface area (Å²) in [6.45, 7) is 6.71. The first-order valence-electron chi connectivity index (χ1n) is 6.27. The number of piperazine rings is 1. The standard InChI is InChI=1S/C12H22N2O3/c1-10-7-13(2)4-5-14(10)8-12(11(15)16)3-6-17-9-12/h10H,3-9H2,1-2H3,(H,15,16). The van der Waals surface area contributed by atoms with E-state index >= 15 is 0 Å². The van der Waals surface area contributed by atoms with E-state index in [-0.39, 0.29) is 0 Å². The second-order valence-corrected chi connectivity index (χ2v) is 5.47. The lowest BCUT2D eigenvalue weighted by molar-refractivity contribution is -0.151. The number of ether oxygens (including phenoxy) is 1. The van der Waals surface area contributed by atoms with Crippen molar-refractivity contribution in [1.82, 2.24) is 9.80 Å². The highest BCUT2D eigenvalue weighted by molar-refractivity contribution is 5.75. The van der Waals surface area contributed by atoms with Crippen LogP contribution in [-0.4, -0.2) is 73.4 Å². The Morgan fingerprint density at radius 2 is 2.29 bits per heavy atom. The van der Waals surface area contributed by atoms with Crippen molar-refractivity contribution in [3.8, 4) is 0 Å². The second kappa shape index (κ2) is 4.92. The summed E-state index contributed by atoms with van der Waals surface area (Å²) in [5, 5.41) is 9.42. The zero-order valence-corrected chi connectivity index (χ0v) is 10.7. The van der Waals surface area contributed by atoms with Gasteiger partial charge in [-0.3, -0.25) is 9.69 Å². The van der Waals surface area contributed by atoms with E-state index < -0.39 is 11.4 Å². The molecule has 0 aromatic rings. The molecule has 0 aliphatic carbocycles. The molecule has 2 aliphatic heterocycles. The lowest BCUT2D eigenvalue weighted by Crippen LogP contribution is -2.55. The average molecular weight is 242 g/mol. The molecular formula is C12H22N2O3. The molecule has 0 aromatic heterocycles. The third-order valence-corrected chi connectivity index (χ3v) is 4.03. The van der Waals surface area contributed by atoms with Crippen LogP contribution in [0.1, 0.15) is 13.3 Å². The van der Waals surface area contributed by atoms with Crippen molar-refractivity contribution >= 4 is 5.97 Å². The number of hydrogen-bond acceptors (Lipinski definition) is 4. The quantitative estimate of drug-likeness (QED) is 0.761. The molecule has 2 fully saturated rings. The molecule has 0 bridgehead atoms. The summed E-state index contributed by atoms with van der Waals surface area (Å²) < 4.78 is 5.30. The maximum Gasteiger partial charge on any atom is 0.313 e. The van der Waals surface area contributed by atoms with Gasteiger partial charge in [-0.15, -0.1) is 0 Å². The van der Waals surface area contributed by atoms with E-state index in [9.17, 15) is 9.90 Å². The molecule has 2 rings (SSSR count). The molecule has 0 amide bonds. The summed E-state index contributed by atoms with van der Waals surface area (Å²) in [5.41, 5.74) is -0.676. The van der Waals surface area contributed by atoms with Gasteiger partial charge >= 0.3 is 5.97 Å². The molecule has 2 atom stereocenters. The number of carboxylic acids is 1. The topological polar surface area (TPSA) is 53.0 Å². The van der Waals surface area contributed by atoms with Crippen LogP contribution in [0.25, 0.3) is 0 Å². The van der Waals surface area contributed by atoms with Crippen LogP contribution in [0.4, 0.5) is 0 Å². The zero-order valence-electron chi connectivity index (χ0n) is 10.7. The van der Waals surface area contributed by atoms with E-state index in [1.165, 1.54) is 0 Å². The number of aliphatic carboxylic acids is 1. The Bertz CT molecular complexity index is 289. The van der Waals surface area contributed by atoms with E-state index in [2.05, 4.69) is 23.8 Å². The van der Waals surface area contributed by atoms with Crippen LogP contribution in [0.5, 0.6) is 0 Å². The van der Waals surface area contributed by atoms with Crippen LogP contribution in [0.2, 0.25) is 0 Å². The minimum atomic E-state index is -0.707. The molecule has 2 unspecified atom stereocenters. The smallest absolute Gasteiger partial charge is 0.313 e. The third kappa shape index (κ3) is 2.61. The van der Waals surface area contributed by atoms with Crippen molar-refractivity contribution in [2.24, 2.45) is 5.41 Å². The van der Waals surface area contributed by atoms with Gasteiger partial charge in [-0.25, -0.2) is 0 Å². The highest BCUT2D eigenvalue weighted by Gasteiger charge is 2.44. The van der Waals surface area contributed by atoms with Crippen LogP contribution in [0, 0.1) is 5.41 Å². The molecule has 2 saturated heterocycles. The largest absolute Gasteiger partial charge is 0.481 e. The molecule has 17 heavy (non-hydrogen) atoms. The molecule has 2 heterocycles. The molecule has 98 valence electrons. The van der Waals surface area contributed by atoms with Gasteiger partial charge in [-0.2, -0.15) is 0 Å². The van der Waals surface area contributed by atoms with Crippen molar-refractivity contribution in [3.63, 3.8) is 0 Å². The number of rotatable bonds is 3. The first-order valence-corrected chi connectivity index (χ1v) is 6.27. The fourth-order valence-electron chi connectivity index (χ4n) is 2.77. The summed E-state index contributed by atoms with van der Waals surface area (Å²) in [7, 11) is 2.11. The number of carboxylic acid groups (broad SMARTS) is 1. The fraction of sp³-hybridized carbons (Fsp3) is 0.917. The van der Waals surface area contributed by atoms with Crippen molar-refractivity contribution in [3.05, 3.63) is 0 Å². The summed E-state index contributed by atoms with van der Waals surface area (Å²) in [4.78, 5) is 16.0. The van der Waals surface area contributed by atoms with E-state index in [0.29, 0.717) is 32.2 Å². The minimum Gasteiger partial charge on any atom is -0.481 e. The Morgan fingerprint density at radius 3 is 2.82 bits per heavy atom. The van der Waals surface area contributed by atoms with Crippen LogP contribution in [0.15, 0.2) is 0 Å². The lowest BCUT2D eigenvalue weighted by atomic mass is 9.86. The summed E-state index contributed by atoms with van der Waals surface area (Å²) in [6.07, 6.45) is 0.640. The highest BCUT2D eigenvalue weighted by Crippen LogP contribution is 2.31. The Labute approximate surface area is 102 Å². The summed E-state index contributed by atoms with van der Waals surface area (Å²) in [5.74, 6) is -0.707. The predicted octanol–water partition coefficient (Wildman–Crippen LogP) is 0.114. The number of carbonyl (C=O) groups is 1. The molecule has 2 aliphatic rings. The van der Waals surface area contributed by atoms with Gasteiger partial charge in [0.2, 0.25) is 0 Å². The van der Waals surface area contributed by atoms with Crippen LogP contribution < -0.4 is 0 Å². The van der Waals surface area contributed by atoms with Crippen molar-refractivity contribution in [2.75, 3.05) is 46.4 Å². The highest BCUT2D eigenvalue weighted by atomic mass is 16.5. The van der Waals surface area contributed by atoms with Gasteiger partial charge in [0, 0.05) is 38.8 Å². The minimum absolute atomic E-state index is 0.362. The monoisotopic (exact) mass is 242 g/mol. The molecule has 0 spiro atoms. The fourth-order valence-corrected chi connectivity index (χ4v) is 2.77. The first-order chi connectivity index (χ1) is 8.03. The Morgan fingerprint density at radius 1 is 1.53 bits per heavy atom. The van der Waals surface area contributed by atoms with E-state index in [1.807, 2.05) is 0 Å². The van der Waals surface area contributed by atoms with Crippen molar-refractivity contribution < 1.29 is 14.6 Å². The molecule has 5 heteroatoms. The Kier molecular flexibility index (Phi) is 3.70. The number of likely N-dealkylation sites (N-methyl/N-ethyl adjacent to an activating group) is 1. The lowest BCUT2D eigenvalue weighted by Gasteiger charge is -2.41. The maximum atomic E-state index is 11.5. The summed E-state index contributed by atoms with van der Waals surface area (Å²) in [6, 6.07) is 0.422. The van der Waals surface area contributed by atoms with Gasteiger partial charge in [0.15, 0.2) is 0 Å². The maximum absolute atomic E-state index is 11.5. The Hall–Kier alpha value is -0.650. The Balaban J connectivity index is 2.01. The molecular weight excluding hydrogens is 220 g/mol. The van der Waals surface area contributed by atoms with Gasteiger partial charge in [0.05, 0.1) is 6.61 Å². The number of nitrogens with zero attached hydrogens (tertiary/aromatic N) is 2. The van der Waals surface area contributed by atoms with E-state index in [1.54, 1.807) is 0 Å². The normalized spacial score (nSPS) is 36.2. The van der Waals surface area contributed by atoms with E-state index in [4.69, 9.17) is 4.74 Å². The molecule has 0 radical (unpaired) electrons. The van der Waals surface area contributed by atoms with Gasteiger partial charge in [0.1, 0.15) is 5.41 Å². The number of hydrogen-bond donors (Lipinski definition) is 1. The zero-order chi connectivity index (χ0) is 12.5. The van der Waals surface area contributed by atoms with Gasteiger partial charge in [0.25, 0.3) is 0 Å². The SMILES string of the molecule is CC1CN(C)CCN1CC1(C(=O)O)CCOC1. The van der Waals surface area contributed by atoms with Crippen molar-refractivity contribution in [2.45, 2.75) is 19.4 Å². The molecule has 0 saturated carbocycles. The van der Waals surface area contributed by atoms with Gasteiger partial charge < -0.3 is 14.7 Å². The van der Waals surface area contributed by atoms with Crippen LogP contribution >= 0.6 is 0 Å². The van der Waals surface area contributed by atoms with E-state index in [0.717, 1.165) is 19.6 Å². The van der Waals surface area contributed by atoms with Gasteiger partial charge in [-0.1, -0.05) is 0 Å². The predicted molar refractivity (Wildman–Crippen MR) is 64.0 cm³/mol. The van der Waals surface area contributed by atoms with Gasteiger partial charge in [-0.05, 0) is 20.4 Å². The first kappa shape index (κ1) is 12.8. The third-order valence-electron chi connectivity index (χ3n) is 4.03. The van der Waals surface area contributed by atoms with Crippen LogP contribution in [0.3, 0.4) is 0 Å². The second-order valence-electron chi connectivity index (χ2n) is 5.47. The average Bonchev–Trinajstić information content (AvgIpc) is 2.72. The van der Waals surface area contributed by atoms with Crippen LogP contribution in [-0.2, 0) is 9.53 Å². The van der Waals surface area contributed by atoms with Crippen molar-refractivity contribution in [1.29, 1.82) is 0 Å². The summed E-state index contributed by atoms with van der Waals surface area (Å²) >= 11 is 0. The molecule has 1 N–H and O–H groups in total.